The van der Waals surface area contributed by atoms with Gasteiger partial charge in [-0.15, -0.1) is 0 Å². The minimum absolute atomic E-state index is 0.184. The van der Waals surface area contributed by atoms with E-state index in [1.165, 1.54) is 20.1 Å². The van der Waals surface area contributed by atoms with E-state index in [1.807, 2.05) is 0 Å². The van der Waals surface area contributed by atoms with E-state index in [1.54, 1.807) is 6.07 Å². The molecule has 5 heteroatoms. The molecule has 1 aromatic carbocycles. The zero-order chi connectivity index (χ0) is 11.4. The highest BCUT2D eigenvalue weighted by atomic mass is 79.9. The van der Waals surface area contributed by atoms with Crippen molar-refractivity contribution in [3.63, 3.8) is 0 Å². The smallest absolute Gasteiger partial charge is 0.308 e. The number of rotatable bonds is 3. The fraction of sp³-hybridized carbons (Fsp3) is 0.200. The van der Waals surface area contributed by atoms with Crippen LogP contribution in [0.1, 0.15) is 17.3 Å². The van der Waals surface area contributed by atoms with Crippen molar-refractivity contribution in [2.75, 3.05) is 7.11 Å². The van der Waals surface area contributed by atoms with Gasteiger partial charge in [0.1, 0.15) is 11.5 Å². The van der Waals surface area contributed by atoms with Crippen molar-refractivity contribution in [2.45, 2.75) is 6.92 Å². The predicted molar refractivity (Wildman–Crippen MR) is 57.4 cm³/mol. The van der Waals surface area contributed by atoms with Crippen molar-refractivity contribution in [1.29, 1.82) is 0 Å². The van der Waals surface area contributed by atoms with Crippen LogP contribution in [0.3, 0.4) is 0 Å². The van der Waals surface area contributed by atoms with Crippen LogP contribution in [0.25, 0.3) is 0 Å². The Balaban J connectivity index is 3.28. The lowest BCUT2D eigenvalue weighted by molar-refractivity contribution is -0.131. The first-order chi connectivity index (χ1) is 7.08. The van der Waals surface area contributed by atoms with E-state index in [0.717, 1.165) is 0 Å². The highest BCUT2D eigenvalue weighted by Gasteiger charge is 2.13. The fourth-order valence-corrected chi connectivity index (χ4v) is 1.51. The van der Waals surface area contributed by atoms with Gasteiger partial charge < -0.3 is 9.47 Å². The summed E-state index contributed by atoms with van der Waals surface area (Å²) in [7, 11) is 1.44. The molecule has 0 fully saturated rings. The van der Waals surface area contributed by atoms with Gasteiger partial charge in [-0.25, -0.2) is 0 Å². The monoisotopic (exact) mass is 272 g/mol. The summed E-state index contributed by atoms with van der Waals surface area (Å²) in [4.78, 5) is 21.6. The highest BCUT2D eigenvalue weighted by Crippen LogP contribution is 2.31. The maximum absolute atomic E-state index is 10.8. The Kier molecular flexibility index (Phi) is 3.85. The second-order valence-corrected chi connectivity index (χ2v) is 3.65. The third kappa shape index (κ3) is 2.79. The summed E-state index contributed by atoms with van der Waals surface area (Å²) in [6.45, 7) is 1.27. The normalized spacial score (nSPS) is 9.53. The largest absolute Gasteiger partial charge is 0.496 e. The summed E-state index contributed by atoms with van der Waals surface area (Å²) in [5.74, 6) is 0.0533. The standard InChI is InChI=1S/C10H9BrO4/c1-6(13)15-10-4-7(11)3-9(14-2)8(10)5-12/h3-5H,1-2H3. The van der Waals surface area contributed by atoms with Crippen LogP contribution < -0.4 is 9.47 Å². The Morgan fingerprint density at radius 1 is 1.40 bits per heavy atom. The molecule has 0 heterocycles. The third-order valence-electron chi connectivity index (χ3n) is 1.66. The highest BCUT2D eigenvalue weighted by molar-refractivity contribution is 9.10. The summed E-state index contributed by atoms with van der Waals surface area (Å²) in [5, 5.41) is 0. The number of hydrogen-bond donors (Lipinski definition) is 0. The molecule has 0 spiro atoms. The Hall–Kier alpha value is -1.36. The molecule has 0 amide bonds. The quantitative estimate of drug-likeness (QED) is 0.481. The molecule has 0 saturated heterocycles. The summed E-state index contributed by atoms with van der Waals surface area (Å²) in [6.07, 6.45) is 0.587. The van der Waals surface area contributed by atoms with Gasteiger partial charge in [0.05, 0.1) is 12.7 Å². The molecule has 0 bridgehead atoms. The number of benzene rings is 1. The first kappa shape index (κ1) is 11.7. The van der Waals surface area contributed by atoms with Gasteiger partial charge in [-0.2, -0.15) is 0 Å². The Bertz CT molecular complexity index is 401. The maximum atomic E-state index is 10.8. The molecule has 1 aromatic rings. The summed E-state index contributed by atoms with van der Waals surface area (Å²) < 4.78 is 10.5. The van der Waals surface area contributed by atoms with Crippen LogP contribution in [-0.4, -0.2) is 19.4 Å². The predicted octanol–water partition coefficient (Wildman–Crippen LogP) is 2.20. The molecule has 0 aliphatic rings. The van der Waals surface area contributed by atoms with E-state index in [0.29, 0.717) is 16.5 Å². The lowest BCUT2D eigenvalue weighted by Crippen LogP contribution is -2.05. The van der Waals surface area contributed by atoms with Crippen LogP contribution in [0.15, 0.2) is 16.6 Å². The van der Waals surface area contributed by atoms with Crippen LogP contribution in [0, 0.1) is 0 Å². The number of halogens is 1. The van der Waals surface area contributed by atoms with E-state index >= 15 is 0 Å². The van der Waals surface area contributed by atoms with E-state index in [2.05, 4.69) is 15.9 Å². The van der Waals surface area contributed by atoms with Crippen molar-refractivity contribution in [1.82, 2.24) is 0 Å². The topological polar surface area (TPSA) is 52.6 Å². The van der Waals surface area contributed by atoms with Gasteiger partial charge in [0, 0.05) is 11.4 Å². The van der Waals surface area contributed by atoms with Crippen LogP contribution in [0.4, 0.5) is 0 Å². The lowest BCUT2D eigenvalue weighted by atomic mass is 10.2. The maximum Gasteiger partial charge on any atom is 0.308 e. The molecule has 0 aliphatic heterocycles. The van der Waals surface area contributed by atoms with Crippen LogP contribution in [0.2, 0.25) is 0 Å². The zero-order valence-electron chi connectivity index (χ0n) is 8.24. The number of aldehydes is 1. The number of carbonyl (C=O) groups is 2. The summed E-state index contributed by atoms with van der Waals surface area (Å²) in [5.41, 5.74) is 0.218. The molecule has 0 N–H and O–H groups in total. The molecular formula is C10H9BrO4. The van der Waals surface area contributed by atoms with Gasteiger partial charge in [0.15, 0.2) is 6.29 Å². The van der Waals surface area contributed by atoms with Crippen molar-refractivity contribution in [3.05, 3.63) is 22.2 Å². The average Bonchev–Trinajstić information content (AvgIpc) is 2.15. The van der Waals surface area contributed by atoms with E-state index in [4.69, 9.17) is 9.47 Å². The first-order valence-corrected chi connectivity index (χ1v) is 4.89. The Morgan fingerprint density at radius 3 is 2.47 bits per heavy atom. The lowest BCUT2D eigenvalue weighted by Gasteiger charge is -2.09. The average molecular weight is 273 g/mol. The second kappa shape index (κ2) is 4.93. The van der Waals surface area contributed by atoms with E-state index < -0.39 is 5.97 Å². The van der Waals surface area contributed by atoms with E-state index in [9.17, 15) is 9.59 Å². The van der Waals surface area contributed by atoms with Gasteiger partial charge >= 0.3 is 5.97 Å². The SMILES string of the molecule is COc1cc(Br)cc(OC(C)=O)c1C=O. The van der Waals surface area contributed by atoms with E-state index in [-0.39, 0.29) is 11.3 Å². The summed E-state index contributed by atoms with van der Waals surface area (Å²) >= 11 is 3.22. The molecule has 15 heavy (non-hydrogen) atoms. The first-order valence-electron chi connectivity index (χ1n) is 4.09. The van der Waals surface area contributed by atoms with Crippen molar-refractivity contribution < 1.29 is 19.1 Å². The van der Waals surface area contributed by atoms with Crippen LogP contribution in [-0.2, 0) is 4.79 Å². The molecule has 0 saturated carbocycles. The third-order valence-corrected chi connectivity index (χ3v) is 2.12. The number of carbonyl (C=O) groups excluding carboxylic acids is 2. The summed E-state index contributed by atoms with van der Waals surface area (Å²) in [6, 6.07) is 3.16. The van der Waals surface area contributed by atoms with Crippen molar-refractivity contribution >= 4 is 28.2 Å². The zero-order valence-corrected chi connectivity index (χ0v) is 9.83. The Labute approximate surface area is 95.3 Å². The molecule has 0 aromatic heterocycles. The number of esters is 1. The molecule has 4 nitrogen and oxygen atoms in total. The van der Waals surface area contributed by atoms with Crippen LogP contribution in [0.5, 0.6) is 11.5 Å². The molecule has 0 unspecified atom stereocenters. The minimum atomic E-state index is -0.488. The molecule has 80 valence electrons. The minimum Gasteiger partial charge on any atom is -0.496 e. The molecular weight excluding hydrogens is 264 g/mol. The van der Waals surface area contributed by atoms with Crippen molar-refractivity contribution in [2.24, 2.45) is 0 Å². The van der Waals surface area contributed by atoms with Crippen LogP contribution >= 0.6 is 15.9 Å². The molecule has 1 rings (SSSR count). The van der Waals surface area contributed by atoms with Gasteiger partial charge in [-0.05, 0) is 12.1 Å². The van der Waals surface area contributed by atoms with Gasteiger partial charge in [-0.3, -0.25) is 9.59 Å². The van der Waals surface area contributed by atoms with Gasteiger partial charge in [0.25, 0.3) is 0 Å². The number of methoxy groups -OCH3 is 1. The molecule has 0 aliphatic carbocycles. The molecule has 0 radical (unpaired) electrons. The number of hydrogen-bond acceptors (Lipinski definition) is 4. The van der Waals surface area contributed by atoms with Gasteiger partial charge in [-0.1, -0.05) is 15.9 Å². The molecule has 0 atom stereocenters. The second-order valence-electron chi connectivity index (χ2n) is 2.73. The van der Waals surface area contributed by atoms with Gasteiger partial charge in [0.2, 0.25) is 0 Å². The van der Waals surface area contributed by atoms with Crippen molar-refractivity contribution in [3.8, 4) is 11.5 Å². The Morgan fingerprint density at radius 2 is 2.00 bits per heavy atom. The fourth-order valence-electron chi connectivity index (χ4n) is 1.09. The number of ether oxygens (including phenoxy) is 2.